The molecule has 0 spiro atoms. The second kappa shape index (κ2) is 4.33. The zero-order chi connectivity index (χ0) is 9.90. The van der Waals surface area contributed by atoms with E-state index in [0.29, 0.717) is 0 Å². The smallest absolute Gasteiger partial charge is 0.131 e. The zero-order valence-corrected chi connectivity index (χ0v) is 9.27. The second-order valence-corrected chi connectivity index (χ2v) is 5.24. The highest BCUT2D eigenvalue weighted by Gasteiger charge is 2.31. The first-order chi connectivity index (χ1) is 6.07. The van der Waals surface area contributed by atoms with Crippen LogP contribution in [0.15, 0.2) is 0 Å². The van der Waals surface area contributed by atoms with Crippen molar-refractivity contribution in [3.05, 3.63) is 0 Å². The molecular formula is C11H18ClN. The average molecular weight is 200 g/mol. The molecule has 2 heteroatoms. The van der Waals surface area contributed by atoms with Crippen molar-refractivity contribution in [2.24, 2.45) is 11.8 Å². The first-order valence-electron chi connectivity index (χ1n) is 5.17. The summed E-state index contributed by atoms with van der Waals surface area (Å²) in [6.45, 7) is 4.52. The van der Waals surface area contributed by atoms with Crippen molar-refractivity contribution in [1.82, 2.24) is 0 Å². The molecule has 0 aliphatic heterocycles. The Labute approximate surface area is 86.1 Å². The van der Waals surface area contributed by atoms with E-state index in [1.54, 1.807) is 0 Å². The average Bonchev–Trinajstić information content (AvgIpc) is 2.28. The fourth-order valence-corrected chi connectivity index (χ4v) is 2.35. The second-order valence-electron chi connectivity index (χ2n) is 4.51. The van der Waals surface area contributed by atoms with Crippen LogP contribution in [0.1, 0.15) is 46.0 Å². The maximum atomic E-state index is 8.92. The minimum Gasteiger partial charge on any atom is -0.196 e. The molecule has 0 N–H and O–H groups in total. The van der Waals surface area contributed by atoms with Crippen LogP contribution >= 0.6 is 11.6 Å². The van der Waals surface area contributed by atoms with Crippen molar-refractivity contribution in [2.45, 2.75) is 50.8 Å². The molecule has 0 bridgehead atoms. The Kier molecular flexibility index (Phi) is 3.62. The van der Waals surface area contributed by atoms with Gasteiger partial charge in [0.1, 0.15) is 4.87 Å². The SMILES string of the molecule is CC(C)C1CCCC(Cl)(C#N)CC1. The summed E-state index contributed by atoms with van der Waals surface area (Å²) in [6, 6.07) is 2.25. The third-order valence-corrected chi connectivity index (χ3v) is 3.67. The predicted octanol–water partition coefficient (Wildman–Crippen LogP) is 3.72. The lowest BCUT2D eigenvalue weighted by atomic mass is 9.88. The third kappa shape index (κ3) is 2.88. The summed E-state index contributed by atoms with van der Waals surface area (Å²) >= 11 is 6.17. The van der Waals surface area contributed by atoms with Crippen LogP contribution in [0.2, 0.25) is 0 Å². The van der Waals surface area contributed by atoms with Gasteiger partial charge in [0, 0.05) is 0 Å². The van der Waals surface area contributed by atoms with Crippen LogP contribution in [0.25, 0.3) is 0 Å². The van der Waals surface area contributed by atoms with E-state index < -0.39 is 4.87 Å². The molecule has 2 atom stereocenters. The third-order valence-electron chi connectivity index (χ3n) is 3.20. The Bertz CT molecular complexity index is 207. The standard InChI is InChI=1S/C11H18ClN/c1-9(2)10-4-3-6-11(12,8-13)7-5-10/h9-10H,3-7H2,1-2H3. The summed E-state index contributed by atoms with van der Waals surface area (Å²) < 4.78 is 0. The van der Waals surface area contributed by atoms with Gasteiger partial charge >= 0.3 is 0 Å². The van der Waals surface area contributed by atoms with Crippen LogP contribution in [-0.2, 0) is 0 Å². The largest absolute Gasteiger partial charge is 0.196 e. The molecule has 74 valence electrons. The number of nitrogens with zero attached hydrogens (tertiary/aromatic N) is 1. The highest BCUT2D eigenvalue weighted by atomic mass is 35.5. The predicted molar refractivity (Wildman–Crippen MR) is 55.6 cm³/mol. The lowest BCUT2D eigenvalue weighted by Gasteiger charge is -2.19. The molecule has 0 aromatic rings. The summed E-state index contributed by atoms with van der Waals surface area (Å²) in [5.74, 6) is 1.51. The maximum absolute atomic E-state index is 8.92. The fraction of sp³-hybridized carbons (Fsp3) is 0.909. The summed E-state index contributed by atoms with van der Waals surface area (Å²) in [4.78, 5) is -0.552. The van der Waals surface area contributed by atoms with E-state index >= 15 is 0 Å². The molecule has 2 unspecified atom stereocenters. The molecule has 0 aromatic heterocycles. The van der Waals surface area contributed by atoms with Gasteiger partial charge < -0.3 is 0 Å². The van der Waals surface area contributed by atoms with E-state index in [4.69, 9.17) is 16.9 Å². The van der Waals surface area contributed by atoms with E-state index in [-0.39, 0.29) is 0 Å². The van der Waals surface area contributed by atoms with Gasteiger partial charge in [-0.15, -0.1) is 11.6 Å². The van der Waals surface area contributed by atoms with E-state index in [2.05, 4.69) is 19.9 Å². The summed E-state index contributed by atoms with van der Waals surface area (Å²) in [5, 5.41) is 8.92. The van der Waals surface area contributed by atoms with Gasteiger partial charge in [-0.3, -0.25) is 0 Å². The Morgan fingerprint density at radius 1 is 1.38 bits per heavy atom. The Morgan fingerprint density at radius 3 is 2.62 bits per heavy atom. The molecule has 1 fully saturated rings. The van der Waals surface area contributed by atoms with Crippen molar-refractivity contribution in [3.8, 4) is 6.07 Å². The first-order valence-corrected chi connectivity index (χ1v) is 5.55. The highest BCUT2D eigenvalue weighted by molar-refractivity contribution is 6.25. The van der Waals surface area contributed by atoms with Gasteiger partial charge in [0.15, 0.2) is 0 Å². The normalized spacial score (nSPS) is 35.5. The number of nitriles is 1. The van der Waals surface area contributed by atoms with Crippen LogP contribution in [-0.4, -0.2) is 4.87 Å². The molecule has 1 aliphatic rings. The van der Waals surface area contributed by atoms with Crippen molar-refractivity contribution < 1.29 is 0 Å². The van der Waals surface area contributed by atoms with Crippen LogP contribution in [0, 0.1) is 23.2 Å². The zero-order valence-electron chi connectivity index (χ0n) is 8.52. The molecule has 0 saturated heterocycles. The molecule has 1 aliphatic carbocycles. The van der Waals surface area contributed by atoms with Crippen LogP contribution in [0.5, 0.6) is 0 Å². The van der Waals surface area contributed by atoms with Gasteiger partial charge in [0.25, 0.3) is 0 Å². The molecule has 1 saturated carbocycles. The van der Waals surface area contributed by atoms with Gasteiger partial charge in [0.2, 0.25) is 0 Å². The molecule has 0 amide bonds. The van der Waals surface area contributed by atoms with Crippen molar-refractivity contribution >= 4 is 11.6 Å². The lowest BCUT2D eigenvalue weighted by molar-refractivity contribution is 0.341. The Balaban J connectivity index is 2.55. The van der Waals surface area contributed by atoms with Gasteiger partial charge in [-0.2, -0.15) is 5.26 Å². The first kappa shape index (κ1) is 10.9. The molecule has 0 heterocycles. The van der Waals surface area contributed by atoms with Gasteiger partial charge in [-0.25, -0.2) is 0 Å². The van der Waals surface area contributed by atoms with Crippen LogP contribution in [0.4, 0.5) is 0 Å². The van der Waals surface area contributed by atoms with Crippen molar-refractivity contribution in [1.29, 1.82) is 5.26 Å². The van der Waals surface area contributed by atoms with Crippen molar-refractivity contribution in [3.63, 3.8) is 0 Å². The van der Waals surface area contributed by atoms with E-state index in [9.17, 15) is 0 Å². The summed E-state index contributed by atoms with van der Waals surface area (Å²) in [7, 11) is 0. The van der Waals surface area contributed by atoms with Crippen molar-refractivity contribution in [2.75, 3.05) is 0 Å². The summed E-state index contributed by atoms with van der Waals surface area (Å²) in [5.41, 5.74) is 0. The molecule has 1 nitrogen and oxygen atoms in total. The Hall–Kier alpha value is -0.220. The number of alkyl halides is 1. The monoisotopic (exact) mass is 199 g/mol. The molecule has 0 aromatic carbocycles. The lowest BCUT2D eigenvalue weighted by Crippen LogP contribution is -2.17. The molecule has 1 rings (SSSR count). The molecular weight excluding hydrogens is 182 g/mol. The Morgan fingerprint density at radius 2 is 2.08 bits per heavy atom. The molecule has 0 radical (unpaired) electrons. The highest BCUT2D eigenvalue weighted by Crippen LogP contribution is 2.37. The van der Waals surface area contributed by atoms with E-state index in [1.165, 1.54) is 6.42 Å². The fourth-order valence-electron chi connectivity index (χ4n) is 2.11. The van der Waals surface area contributed by atoms with Crippen LogP contribution < -0.4 is 0 Å². The number of halogens is 1. The van der Waals surface area contributed by atoms with Gasteiger partial charge in [-0.1, -0.05) is 26.7 Å². The topological polar surface area (TPSA) is 23.8 Å². The quantitative estimate of drug-likeness (QED) is 0.467. The number of rotatable bonds is 1. The summed E-state index contributed by atoms with van der Waals surface area (Å²) in [6.07, 6.45) is 5.21. The number of hydrogen-bond acceptors (Lipinski definition) is 1. The number of hydrogen-bond donors (Lipinski definition) is 0. The van der Waals surface area contributed by atoms with E-state index in [1.807, 2.05) is 0 Å². The van der Waals surface area contributed by atoms with E-state index in [0.717, 1.165) is 37.5 Å². The molecule has 13 heavy (non-hydrogen) atoms. The maximum Gasteiger partial charge on any atom is 0.131 e. The minimum atomic E-state index is -0.552. The minimum absolute atomic E-state index is 0.552. The van der Waals surface area contributed by atoms with Gasteiger partial charge in [0.05, 0.1) is 6.07 Å². The van der Waals surface area contributed by atoms with Gasteiger partial charge in [-0.05, 0) is 31.1 Å². The van der Waals surface area contributed by atoms with Crippen LogP contribution in [0.3, 0.4) is 0 Å².